The van der Waals surface area contributed by atoms with E-state index in [0.717, 1.165) is 18.7 Å². The van der Waals surface area contributed by atoms with Crippen LogP contribution in [0.5, 0.6) is 0 Å². The second-order valence-electron chi connectivity index (χ2n) is 5.75. The third-order valence-electron chi connectivity index (χ3n) is 4.11. The first kappa shape index (κ1) is 15.3. The van der Waals surface area contributed by atoms with Crippen LogP contribution in [0.2, 0.25) is 0 Å². The van der Waals surface area contributed by atoms with Crippen LogP contribution in [0.3, 0.4) is 0 Å². The van der Waals surface area contributed by atoms with E-state index in [1.165, 1.54) is 11.1 Å². The fourth-order valence-corrected chi connectivity index (χ4v) is 2.83. The minimum atomic E-state index is -0.123. The lowest BCUT2D eigenvalue weighted by Crippen LogP contribution is -2.36. The quantitative estimate of drug-likeness (QED) is 0.944. The smallest absolute Gasteiger partial charge is 0.224 e. The number of rotatable bonds is 4. The van der Waals surface area contributed by atoms with Crippen LogP contribution in [0.25, 0.3) is 0 Å². The number of carbonyl (C=O) groups is 2. The van der Waals surface area contributed by atoms with Gasteiger partial charge >= 0.3 is 0 Å². The Bertz CT molecular complexity index is 698. The summed E-state index contributed by atoms with van der Waals surface area (Å²) >= 11 is 0. The number of nitrogens with one attached hydrogen (secondary N) is 1. The number of carbonyl (C=O) groups excluding carboxylic acids is 2. The van der Waals surface area contributed by atoms with Gasteiger partial charge in [0.2, 0.25) is 11.8 Å². The Kier molecular flexibility index (Phi) is 4.71. The maximum absolute atomic E-state index is 12.3. The molecule has 0 aliphatic carbocycles. The first-order valence-corrected chi connectivity index (χ1v) is 7.92. The minimum absolute atomic E-state index is 0.0442. The summed E-state index contributed by atoms with van der Waals surface area (Å²) in [4.78, 5) is 26.1. The molecule has 23 heavy (non-hydrogen) atoms. The third-order valence-corrected chi connectivity index (χ3v) is 4.11. The lowest BCUT2D eigenvalue weighted by atomic mass is 9.99. The van der Waals surface area contributed by atoms with Crippen molar-refractivity contribution < 1.29 is 9.59 Å². The van der Waals surface area contributed by atoms with Crippen LogP contribution < -0.4 is 5.32 Å². The normalized spacial score (nSPS) is 13.3. The number of para-hydroxylation sites is 1. The van der Waals surface area contributed by atoms with Crippen LogP contribution in [-0.2, 0) is 22.6 Å². The maximum atomic E-state index is 12.3. The molecule has 1 aliphatic rings. The number of benzene rings is 2. The molecule has 0 saturated carbocycles. The molecule has 0 radical (unpaired) electrons. The first-order valence-electron chi connectivity index (χ1n) is 7.92. The fraction of sp³-hybridized carbons (Fsp3) is 0.263. The molecule has 4 nitrogen and oxygen atoms in total. The van der Waals surface area contributed by atoms with Crippen LogP contribution in [-0.4, -0.2) is 23.3 Å². The van der Waals surface area contributed by atoms with Gasteiger partial charge in [-0.25, -0.2) is 0 Å². The van der Waals surface area contributed by atoms with Crippen molar-refractivity contribution in [3.8, 4) is 0 Å². The molecular weight excluding hydrogens is 288 g/mol. The van der Waals surface area contributed by atoms with Crippen molar-refractivity contribution >= 4 is 17.5 Å². The van der Waals surface area contributed by atoms with Crippen LogP contribution in [0.4, 0.5) is 5.69 Å². The maximum Gasteiger partial charge on any atom is 0.224 e. The number of fused-ring (bicyclic) bond motifs is 1. The predicted molar refractivity (Wildman–Crippen MR) is 89.9 cm³/mol. The van der Waals surface area contributed by atoms with Gasteiger partial charge in [-0.1, -0.05) is 42.5 Å². The molecule has 0 fully saturated rings. The highest BCUT2D eigenvalue weighted by Gasteiger charge is 2.20. The monoisotopic (exact) mass is 308 g/mol. The third kappa shape index (κ3) is 3.97. The van der Waals surface area contributed by atoms with Crippen molar-refractivity contribution in [1.29, 1.82) is 0 Å². The summed E-state index contributed by atoms with van der Waals surface area (Å²) in [7, 11) is 0. The summed E-state index contributed by atoms with van der Waals surface area (Å²) in [5.41, 5.74) is 3.29. The minimum Gasteiger partial charge on any atom is -0.338 e. The van der Waals surface area contributed by atoms with E-state index in [1.54, 1.807) is 0 Å². The molecule has 2 aromatic carbocycles. The van der Waals surface area contributed by atoms with Gasteiger partial charge in [0.1, 0.15) is 0 Å². The van der Waals surface area contributed by atoms with E-state index >= 15 is 0 Å². The van der Waals surface area contributed by atoms with Crippen LogP contribution >= 0.6 is 0 Å². The molecule has 1 N–H and O–H groups in total. The van der Waals surface area contributed by atoms with Gasteiger partial charge in [0, 0.05) is 31.6 Å². The SMILES string of the molecule is O=C(CCC(=O)N1CCc2ccccc2C1)Nc1ccccc1. The van der Waals surface area contributed by atoms with Gasteiger partial charge in [0.15, 0.2) is 0 Å². The molecule has 0 aromatic heterocycles. The Morgan fingerprint density at radius 1 is 0.913 bits per heavy atom. The van der Waals surface area contributed by atoms with Gasteiger partial charge < -0.3 is 10.2 Å². The molecular formula is C19H20N2O2. The highest BCUT2D eigenvalue weighted by Crippen LogP contribution is 2.19. The molecule has 0 spiro atoms. The fourth-order valence-electron chi connectivity index (χ4n) is 2.83. The highest BCUT2D eigenvalue weighted by atomic mass is 16.2. The summed E-state index contributed by atoms with van der Waals surface area (Å²) in [6.07, 6.45) is 1.35. The van der Waals surface area contributed by atoms with Gasteiger partial charge in [-0.2, -0.15) is 0 Å². The number of hydrogen-bond donors (Lipinski definition) is 1. The van der Waals surface area contributed by atoms with E-state index in [2.05, 4.69) is 17.4 Å². The molecule has 118 valence electrons. The van der Waals surface area contributed by atoms with Gasteiger partial charge in [-0.05, 0) is 29.7 Å². The van der Waals surface area contributed by atoms with E-state index in [4.69, 9.17) is 0 Å². The van der Waals surface area contributed by atoms with Crippen LogP contribution in [0, 0.1) is 0 Å². The van der Waals surface area contributed by atoms with Gasteiger partial charge in [0.05, 0.1) is 0 Å². The first-order chi connectivity index (χ1) is 11.2. The Balaban J connectivity index is 1.49. The van der Waals surface area contributed by atoms with Crippen LogP contribution in [0.1, 0.15) is 24.0 Å². The number of nitrogens with zero attached hydrogens (tertiary/aromatic N) is 1. The highest BCUT2D eigenvalue weighted by molar-refractivity contribution is 5.93. The molecule has 1 aliphatic heterocycles. The molecule has 0 atom stereocenters. The molecule has 0 unspecified atom stereocenters. The zero-order chi connectivity index (χ0) is 16.1. The summed E-state index contributed by atoms with van der Waals surface area (Å²) in [5, 5.41) is 2.81. The lowest BCUT2D eigenvalue weighted by Gasteiger charge is -2.28. The number of hydrogen-bond acceptors (Lipinski definition) is 2. The Hall–Kier alpha value is -2.62. The largest absolute Gasteiger partial charge is 0.338 e. The summed E-state index contributed by atoms with van der Waals surface area (Å²) in [6.45, 7) is 1.38. The van der Waals surface area contributed by atoms with Crippen molar-refractivity contribution in [2.24, 2.45) is 0 Å². The summed E-state index contributed by atoms with van der Waals surface area (Å²) in [6, 6.07) is 17.5. The topological polar surface area (TPSA) is 49.4 Å². The zero-order valence-corrected chi connectivity index (χ0v) is 13.0. The van der Waals surface area contributed by atoms with Crippen molar-refractivity contribution in [3.05, 3.63) is 65.7 Å². The average molecular weight is 308 g/mol. The van der Waals surface area contributed by atoms with Crippen molar-refractivity contribution in [1.82, 2.24) is 4.90 Å². The Morgan fingerprint density at radius 3 is 2.39 bits per heavy atom. The molecule has 2 amide bonds. The second kappa shape index (κ2) is 7.09. The van der Waals surface area contributed by atoms with Gasteiger partial charge in [0.25, 0.3) is 0 Å². The van der Waals surface area contributed by atoms with Crippen molar-refractivity contribution in [3.63, 3.8) is 0 Å². The molecule has 0 bridgehead atoms. The van der Waals surface area contributed by atoms with Gasteiger partial charge in [-0.15, -0.1) is 0 Å². The van der Waals surface area contributed by atoms with E-state index < -0.39 is 0 Å². The average Bonchev–Trinajstić information content (AvgIpc) is 2.60. The van der Waals surface area contributed by atoms with E-state index in [-0.39, 0.29) is 24.7 Å². The molecule has 1 heterocycles. The van der Waals surface area contributed by atoms with E-state index in [0.29, 0.717) is 6.54 Å². The van der Waals surface area contributed by atoms with Crippen molar-refractivity contribution in [2.45, 2.75) is 25.8 Å². The standard InChI is InChI=1S/C19H20N2O2/c22-18(20-17-8-2-1-3-9-17)10-11-19(23)21-13-12-15-6-4-5-7-16(15)14-21/h1-9H,10-14H2,(H,20,22). The predicted octanol–water partition coefficient (Wildman–Crippen LogP) is 2.99. The molecule has 0 saturated heterocycles. The second-order valence-corrected chi connectivity index (χ2v) is 5.75. The molecule has 3 rings (SSSR count). The van der Waals surface area contributed by atoms with Crippen molar-refractivity contribution in [2.75, 3.05) is 11.9 Å². The molecule has 4 heteroatoms. The number of amides is 2. The molecule has 2 aromatic rings. The zero-order valence-electron chi connectivity index (χ0n) is 13.0. The Labute approximate surface area is 136 Å². The van der Waals surface area contributed by atoms with E-state index in [9.17, 15) is 9.59 Å². The summed E-state index contributed by atoms with van der Waals surface area (Å²) in [5.74, 6) is -0.0790. The Morgan fingerprint density at radius 2 is 1.61 bits per heavy atom. The van der Waals surface area contributed by atoms with E-state index in [1.807, 2.05) is 47.4 Å². The lowest BCUT2D eigenvalue weighted by molar-refractivity contribution is -0.133. The van der Waals surface area contributed by atoms with Gasteiger partial charge in [-0.3, -0.25) is 9.59 Å². The van der Waals surface area contributed by atoms with Crippen LogP contribution in [0.15, 0.2) is 54.6 Å². The number of anilines is 1. The summed E-state index contributed by atoms with van der Waals surface area (Å²) < 4.78 is 0.